The van der Waals surface area contributed by atoms with Gasteiger partial charge in [0.25, 0.3) is 0 Å². The van der Waals surface area contributed by atoms with Crippen LogP contribution in [0, 0.1) is 0 Å². The number of esters is 1. The minimum atomic E-state index is -3.25. The maximum absolute atomic E-state index is 12.2. The molecule has 0 spiro atoms. The first-order valence-electron chi connectivity index (χ1n) is 8.98. The lowest BCUT2D eigenvalue weighted by molar-refractivity contribution is 0.0526. The van der Waals surface area contributed by atoms with Gasteiger partial charge in [-0.2, -0.15) is 4.98 Å². The van der Waals surface area contributed by atoms with Crippen molar-refractivity contribution in [1.82, 2.24) is 14.7 Å². The molecule has 0 atom stereocenters. The quantitative estimate of drug-likeness (QED) is 0.379. The number of carbonyl (C=O) groups is 1. The molecule has 1 heterocycles. The van der Waals surface area contributed by atoms with E-state index < -0.39 is 16.0 Å². The van der Waals surface area contributed by atoms with Gasteiger partial charge in [-0.05, 0) is 19.4 Å². The maximum atomic E-state index is 12.2. The van der Waals surface area contributed by atoms with E-state index >= 15 is 0 Å². The van der Waals surface area contributed by atoms with E-state index in [1.54, 1.807) is 13.8 Å². The predicted molar refractivity (Wildman–Crippen MR) is 108 cm³/mol. The summed E-state index contributed by atoms with van der Waals surface area (Å²) in [6.45, 7) is 4.51. The second kappa shape index (κ2) is 10.6. The van der Waals surface area contributed by atoms with Crippen molar-refractivity contribution in [2.75, 3.05) is 36.1 Å². The Morgan fingerprint density at radius 2 is 1.86 bits per heavy atom. The summed E-state index contributed by atoms with van der Waals surface area (Å²) >= 11 is 0. The molecule has 0 unspecified atom stereocenters. The summed E-state index contributed by atoms with van der Waals surface area (Å²) in [5.74, 6) is 0.124. The van der Waals surface area contributed by atoms with Crippen LogP contribution < -0.4 is 15.4 Å². The molecular formula is C18H25N5O4S. The van der Waals surface area contributed by atoms with E-state index in [2.05, 4.69) is 25.3 Å². The van der Waals surface area contributed by atoms with Gasteiger partial charge < -0.3 is 15.4 Å². The fourth-order valence-electron chi connectivity index (χ4n) is 2.22. The topological polar surface area (TPSA) is 122 Å². The molecule has 3 N–H and O–H groups in total. The zero-order valence-corrected chi connectivity index (χ0v) is 16.8. The standard InChI is InChI=1S/C18H25N5O4S/c1-3-27-17(24)15-13-21-18(19-10-11-22-28(25,26)4-2)23-16(15)20-12-14-8-6-5-7-9-14/h5-9,13,22H,3-4,10-12H2,1-2H3,(H2,19,20,21,23). The Balaban J connectivity index is 2.07. The van der Waals surface area contributed by atoms with Crippen molar-refractivity contribution in [1.29, 1.82) is 0 Å². The van der Waals surface area contributed by atoms with Gasteiger partial charge in [0.1, 0.15) is 11.4 Å². The van der Waals surface area contributed by atoms with Crippen LogP contribution in [0.4, 0.5) is 11.8 Å². The zero-order chi connectivity index (χ0) is 20.4. The summed E-state index contributed by atoms with van der Waals surface area (Å²) in [6.07, 6.45) is 1.39. The van der Waals surface area contributed by atoms with Crippen molar-refractivity contribution in [3.05, 3.63) is 47.7 Å². The fraction of sp³-hybridized carbons (Fsp3) is 0.389. The van der Waals surface area contributed by atoms with Crippen molar-refractivity contribution < 1.29 is 17.9 Å². The molecule has 0 aliphatic heterocycles. The van der Waals surface area contributed by atoms with E-state index in [1.165, 1.54) is 6.20 Å². The first-order valence-corrected chi connectivity index (χ1v) is 10.6. The highest BCUT2D eigenvalue weighted by atomic mass is 32.2. The molecule has 0 aliphatic rings. The highest BCUT2D eigenvalue weighted by Gasteiger charge is 2.16. The van der Waals surface area contributed by atoms with Crippen LogP contribution in [0.15, 0.2) is 36.5 Å². The lowest BCUT2D eigenvalue weighted by Gasteiger charge is -2.12. The Kier molecular flexibility index (Phi) is 8.15. The highest BCUT2D eigenvalue weighted by Crippen LogP contribution is 2.16. The number of hydrogen-bond donors (Lipinski definition) is 3. The van der Waals surface area contributed by atoms with Gasteiger partial charge in [0.05, 0.1) is 12.4 Å². The number of sulfonamides is 1. The Morgan fingerprint density at radius 1 is 1.11 bits per heavy atom. The lowest BCUT2D eigenvalue weighted by atomic mass is 10.2. The number of nitrogens with zero attached hydrogens (tertiary/aromatic N) is 2. The van der Waals surface area contributed by atoms with E-state index in [9.17, 15) is 13.2 Å². The number of nitrogens with one attached hydrogen (secondary N) is 3. The van der Waals surface area contributed by atoms with Crippen LogP contribution in [-0.2, 0) is 21.3 Å². The van der Waals surface area contributed by atoms with Crippen molar-refractivity contribution >= 4 is 27.8 Å². The van der Waals surface area contributed by atoms with Crippen molar-refractivity contribution in [3.8, 4) is 0 Å². The molecule has 0 saturated carbocycles. The summed E-state index contributed by atoms with van der Waals surface area (Å²) < 4.78 is 30.4. The minimum absolute atomic E-state index is 0.0191. The molecule has 10 heteroatoms. The maximum Gasteiger partial charge on any atom is 0.343 e. The van der Waals surface area contributed by atoms with Crippen molar-refractivity contribution in [3.63, 3.8) is 0 Å². The van der Waals surface area contributed by atoms with Crippen LogP contribution in [0.25, 0.3) is 0 Å². The van der Waals surface area contributed by atoms with Crippen molar-refractivity contribution in [2.24, 2.45) is 0 Å². The third-order valence-corrected chi connectivity index (χ3v) is 5.10. The third-order valence-electron chi connectivity index (χ3n) is 3.70. The van der Waals surface area contributed by atoms with E-state index in [1.807, 2.05) is 30.3 Å². The van der Waals surface area contributed by atoms with E-state index in [4.69, 9.17) is 4.74 Å². The van der Waals surface area contributed by atoms with Gasteiger partial charge >= 0.3 is 5.97 Å². The van der Waals surface area contributed by atoms with E-state index in [-0.39, 0.29) is 30.4 Å². The van der Waals surface area contributed by atoms with Gasteiger partial charge in [0.2, 0.25) is 16.0 Å². The molecule has 0 radical (unpaired) electrons. The fourth-order valence-corrected chi connectivity index (χ4v) is 2.84. The van der Waals surface area contributed by atoms with Crippen molar-refractivity contribution in [2.45, 2.75) is 20.4 Å². The molecule has 28 heavy (non-hydrogen) atoms. The van der Waals surface area contributed by atoms with Gasteiger partial charge in [0, 0.05) is 25.8 Å². The van der Waals surface area contributed by atoms with Gasteiger partial charge in [-0.25, -0.2) is 22.9 Å². The molecule has 0 aliphatic carbocycles. The Hall–Kier alpha value is -2.72. The Bertz CT molecular complexity index is 875. The second-order valence-corrected chi connectivity index (χ2v) is 7.84. The molecule has 0 bridgehead atoms. The molecule has 2 rings (SSSR count). The predicted octanol–water partition coefficient (Wildman–Crippen LogP) is 1.62. The Morgan fingerprint density at radius 3 is 2.54 bits per heavy atom. The second-order valence-electron chi connectivity index (χ2n) is 5.74. The van der Waals surface area contributed by atoms with Crippen LogP contribution in [0.1, 0.15) is 29.8 Å². The SMILES string of the molecule is CCOC(=O)c1cnc(NCCNS(=O)(=O)CC)nc1NCc1ccccc1. The summed E-state index contributed by atoms with van der Waals surface area (Å²) in [5.41, 5.74) is 1.26. The highest BCUT2D eigenvalue weighted by molar-refractivity contribution is 7.89. The van der Waals surface area contributed by atoms with E-state index in [0.29, 0.717) is 18.9 Å². The Labute approximate surface area is 165 Å². The molecule has 2 aromatic rings. The lowest BCUT2D eigenvalue weighted by Crippen LogP contribution is -2.30. The zero-order valence-electron chi connectivity index (χ0n) is 15.9. The van der Waals surface area contributed by atoms with Gasteiger partial charge in [0.15, 0.2) is 0 Å². The molecular weight excluding hydrogens is 382 g/mol. The molecule has 1 aromatic carbocycles. The van der Waals surface area contributed by atoms with Gasteiger partial charge in [-0.15, -0.1) is 0 Å². The average molecular weight is 407 g/mol. The molecule has 1 aromatic heterocycles. The van der Waals surface area contributed by atoms with Crippen LogP contribution in [0.5, 0.6) is 0 Å². The van der Waals surface area contributed by atoms with Crippen LogP contribution in [0.2, 0.25) is 0 Å². The van der Waals surface area contributed by atoms with Gasteiger partial charge in [-0.1, -0.05) is 30.3 Å². The average Bonchev–Trinajstić information content (AvgIpc) is 2.70. The van der Waals surface area contributed by atoms with Gasteiger partial charge in [-0.3, -0.25) is 0 Å². The largest absolute Gasteiger partial charge is 0.462 e. The van der Waals surface area contributed by atoms with E-state index in [0.717, 1.165) is 5.56 Å². The molecule has 152 valence electrons. The van der Waals surface area contributed by atoms with Crippen LogP contribution in [0.3, 0.4) is 0 Å². The molecule has 0 saturated heterocycles. The molecule has 9 nitrogen and oxygen atoms in total. The summed E-state index contributed by atoms with van der Waals surface area (Å²) in [5, 5.41) is 6.07. The normalized spacial score (nSPS) is 11.1. The molecule has 0 fully saturated rings. The number of rotatable bonds is 11. The number of anilines is 2. The monoisotopic (exact) mass is 407 g/mol. The first-order chi connectivity index (χ1) is 13.4. The minimum Gasteiger partial charge on any atom is -0.462 e. The third kappa shape index (κ3) is 6.78. The molecule has 0 amide bonds. The summed E-state index contributed by atoms with van der Waals surface area (Å²) in [7, 11) is -3.25. The number of carbonyl (C=O) groups excluding carboxylic acids is 1. The van der Waals surface area contributed by atoms with Crippen LogP contribution >= 0.6 is 0 Å². The smallest absolute Gasteiger partial charge is 0.343 e. The number of aromatic nitrogens is 2. The van der Waals surface area contributed by atoms with Crippen LogP contribution in [-0.4, -0.2) is 49.8 Å². The first kappa shape index (κ1) is 21.6. The number of ether oxygens (including phenoxy) is 1. The number of hydrogen-bond acceptors (Lipinski definition) is 8. The summed E-state index contributed by atoms with van der Waals surface area (Å²) in [6, 6.07) is 9.68. The number of benzene rings is 1. The summed E-state index contributed by atoms with van der Waals surface area (Å²) in [4.78, 5) is 20.6.